The highest BCUT2D eigenvalue weighted by Crippen LogP contribution is 2.31. The quantitative estimate of drug-likeness (QED) is 0.883. The smallest absolute Gasteiger partial charge is 0.259 e. The largest absolute Gasteiger partial charge is 0.435 e. The molecule has 2 aromatic rings. The van der Waals surface area contributed by atoms with Crippen LogP contribution in [0, 0.1) is 5.82 Å². The van der Waals surface area contributed by atoms with Gasteiger partial charge >= 0.3 is 0 Å². The minimum Gasteiger partial charge on any atom is -0.435 e. The number of nitrogen functional groups attached to an aromatic ring is 1. The molecule has 0 saturated carbocycles. The Morgan fingerprint density at radius 3 is 2.89 bits per heavy atom. The van der Waals surface area contributed by atoms with Gasteiger partial charge in [-0.15, -0.1) is 0 Å². The number of halogens is 2. The molecule has 0 unspecified atom stereocenters. The molecular weight excluding hydrogens is 301 g/mol. The lowest BCUT2D eigenvalue weighted by atomic mass is 10.3. The maximum atomic E-state index is 13.9. The molecule has 2 rings (SSSR count). The van der Waals surface area contributed by atoms with Crippen LogP contribution in [-0.4, -0.2) is 9.97 Å². The second-order valence-corrected chi connectivity index (χ2v) is 4.44. The van der Waals surface area contributed by atoms with Gasteiger partial charge in [-0.1, -0.05) is 6.92 Å². The maximum absolute atomic E-state index is 13.9. The molecule has 0 atom stereocenters. The van der Waals surface area contributed by atoms with E-state index < -0.39 is 5.82 Å². The van der Waals surface area contributed by atoms with Gasteiger partial charge in [-0.3, -0.25) is 0 Å². The van der Waals surface area contributed by atoms with Crippen molar-refractivity contribution in [2.45, 2.75) is 13.3 Å². The van der Waals surface area contributed by atoms with Crippen LogP contribution < -0.4 is 10.5 Å². The van der Waals surface area contributed by atoms with Gasteiger partial charge in [0.15, 0.2) is 0 Å². The molecule has 0 aliphatic rings. The van der Waals surface area contributed by atoms with Crippen LogP contribution in [0.3, 0.4) is 0 Å². The van der Waals surface area contributed by atoms with E-state index in [0.29, 0.717) is 28.0 Å². The normalized spacial score (nSPS) is 10.4. The highest BCUT2D eigenvalue weighted by molar-refractivity contribution is 9.10. The van der Waals surface area contributed by atoms with Gasteiger partial charge in [0.25, 0.3) is 5.88 Å². The first-order chi connectivity index (χ1) is 8.61. The van der Waals surface area contributed by atoms with Gasteiger partial charge in [-0.2, -0.15) is 9.37 Å². The van der Waals surface area contributed by atoms with Gasteiger partial charge in [0.2, 0.25) is 5.82 Å². The minimum absolute atomic E-state index is 0.104. The third-order valence-electron chi connectivity index (χ3n) is 2.33. The van der Waals surface area contributed by atoms with Gasteiger partial charge in [0.05, 0.1) is 10.2 Å². The maximum Gasteiger partial charge on any atom is 0.259 e. The number of hydrogen-bond donors (Lipinski definition) is 1. The molecule has 1 aromatic carbocycles. The topological polar surface area (TPSA) is 61.0 Å². The number of anilines is 1. The van der Waals surface area contributed by atoms with Crippen molar-refractivity contribution in [3.05, 3.63) is 40.5 Å². The van der Waals surface area contributed by atoms with E-state index in [2.05, 4.69) is 25.9 Å². The van der Waals surface area contributed by atoms with E-state index in [1.54, 1.807) is 18.2 Å². The summed E-state index contributed by atoms with van der Waals surface area (Å²) in [7, 11) is 0. The van der Waals surface area contributed by atoms with Crippen molar-refractivity contribution >= 4 is 21.6 Å². The molecule has 2 N–H and O–H groups in total. The van der Waals surface area contributed by atoms with Crippen LogP contribution in [-0.2, 0) is 6.42 Å². The van der Waals surface area contributed by atoms with Crippen LogP contribution in [0.1, 0.15) is 12.6 Å². The van der Waals surface area contributed by atoms with Crippen LogP contribution in [0.4, 0.5) is 10.1 Å². The van der Waals surface area contributed by atoms with Crippen molar-refractivity contribution in [2.24, 2.45) is 0 Å². The Bertz CT molecular complexity index is 577. The van der Waals surface area contributed by atoms with Crippen LogP contribution in [0.2, 0.25) is 0 Å². The SMILES string of the molecule is CCc1ncnc(Oc2cc(N)ccc2Br)c1F. The predicted molar refractivity (Wildman–Crippen MR) is 70.0 cm³/mol. The van der Waals surface area contributed by atoms with Gasteiger partial charge in [0.1, 0.15) is 12.1 Å². The Morgan fingerprint density at radius 2 is 2.17 bits per heavy atom. The molecule has 18 heavy (non-hydrogen) atoms. The first-order valence-corrected chi connectivity index (χ1v) is 6.13. The molecule has 0 radical (unpaired) electrons. The minimum atomic E-state index is -0.547. The third kappa shape index (κ3) is 2.59. The molecule has 0 saturated heterocycles. The Labute approximate surface area is 112 Å². The molecule has 0 aliphatic heterocycles. The fourth-order valence-corrected chi connectivity index (χ4v) is 1.74. The summed E-state index contributed by atoms with van der Waals surface area (Å²) in [5.74, 6) is -0.239. The number of nitrogens with zero attached hydrogens (tertiary/aromatic N) is 2. The van der Waals surface area contributed by atoms with E-state index in [1.165, 1.54) is 6.33 Å². The second-order valence-electron chi connectivity index (χ2n) is 3.58. The molecule has 4 nitrogen and oxygen atoms in total. The zero-order chi connectivity index (χ0) is 13.1. The number of nitrogens with two attached hydrogens (primary N) is 1. The highest BCUT2D eigenvalue weighted by atomic mass is 79.9. The van der Waals surface area contributed by atoms with E-state index in [1.807, 2.05) is 6.92 Å². The number of aryl methyl sites for hydroxylation is 1. The molecule has 6 heteroatoms. The van der Waals surface area contributed by atoms with Crippen LogP contribution in [0.25, 0.3) is 0 Å². The standard InChI is InChI=1S/C12H11BrFN3O/c1-2-9-11(14)12(17-6-16-9)18-10-5-7(15)3-4-8(10)13/h3-6H,2,15H2,1H3. The summed E-state index contributed by atoms with van der Waals surface area (Å²) < 4.78 is 20.0. The Balaban J connectivity index is 2.37. The van der Waals surface area contributed by atoms with Crippen molar-refractivity contribution in [3.63, 3.8) is 0 Å². The summed E-state index contributed by atoms with van der Waals surface area (Å²) in [5.41, 5.74) is 6.49. The van der Waals surface area contributed by atoms with Crippen molar-refractivity contribution in [1.29, 1.82) is 0 Å². The molecule has 0 spiro atoms. The summed E-state index contributed by atoms with van der Waals surface area (Å²) in [5, 5.41) is 0. The number of rotatable bonds is 3. The third-order valence-corrected chi connectivity index (χ3v) is 2.98. The molecule has 1 heterocycles. The Morgan fingerprint density at radius 1 is 1.39 bits per heavy atom. The Hall–Kier alpha value is -1.69. The fourth-order valence-electron chi connectivity index (χ4n) is 1.41. The second kappa shape index (κ2) is 5.30. The van der Waals surface area contributed by atoms with Crippen LogP contribution in [0.15, 0.2) is 29.0 Å². The molecule has 0 aliphatic carbocycles. The van der Waals surface area contributed by atoms with E-state index in [0.717, 1.165) is 0 Å². The van der Waals surface area contributed by atoms with E-state index in [-0.39, 0.29) is 5.88 Å². The molecule has 0 amide bonds. The van der Waals surface area contributed by atoms with E-state index in [4.69, 9.17) is 10.5 Å². The van der Waals surface area contributed by atoms with Crippen LogP contribution in [0.5, 0.6) is 11.6 Å². The summed E-state index contributed by atoms with van der Waals surface area (Å²) in [6.45, 7) is 1.81. The van der Waals surface area contributed by atoms with Crippen molar-refractivity contribution in [2.75, 3.05) is 5.73 Å². The lowest BCUT2D eigenvalue weighted by Gasteiger charge is -2.09. The molecule has 0 bridgehead atoms. The number of ether oxygens (including phenoxy) is 1. The van der Waals surface area contributed by atoms with Crippen molar-refractivity contribution in [1.82, 2.24) is 9.97 Å². The van der Waals surface area contributed by atoms with Gasteiger partial charge < -0.3 is 10.5 Å². The van der Waals surface area contributed by atoms with E-state index >= 15 is 0 Å². The first kappa shape index (κ1) is 12.8. The lowest BCUT2D eigenvalue weighted by Crippen LogP contribution is -2.00. The lowest BCUT2D eigenvalue weighted by molar-refractivity contribution is 0.413. The predicted octanol–water partition coefficient (Wildman–Crippen LogP) is 3.32. The average Bonchev–Trinajstić information content (AvgIpc) is 2.36. The van der Waals surface area contributed by atoms with E-state index in [9.17, 15) is 4.39 Å². The molecule has 94 valence electrons. The molecule has 0 fully saturated rings. The monoisotopic (exact) mass is 311 g/mol. The summed E-state index contributed by atoms with van der Waals surface area (Å²) in [6, 6.07) is 5.03. The molecular formula is C12H11BrFN3O. The number of benzene rings is 1. The fraction of sp³-hybridized carbons (Fsp3) is 0.167. The summed E-state index contributed by atoms with van der Waals surface area (Å²) in [6.07, 6.45) is 1.75. The number of hydrogen-bond acceptors (Lipinski definition) is 4. The highest BCUT2D eigenvalue weighted by Gasteiger charge is 2.13. The zero-order valence-corrected chi connectivity index (χ0v) is 11.2. The van der Waals surface area contributed by atoms with Gasteiger partial charge in [-0.25, -0.2) is 4.98 Å². The van der Waals surface area contributed by atoms with Crippen LogP contribution >= 0.6 is 15.9 Å². The first-order valence-electron chi connectivity index (χ1n) is 5.34. The summed E-state index contributed by atoms with van der Waals surface area (Å²) in [4.78, 5) is 7.62. The Kier molecular flexibility index (Phi) is 3.76. The van der Waals surface area contributed by atoms with Gasteiger partial charge in [0, 0.05) is 11.8 Å². The summed E-state index contributed by atoms with van der Waals surface area (Å²) >= 11 is 3.30. The van der Waals surface area contributed by atoms with Gasteiger partial charge in [-0.05, 0) is 34.5 Å². The average molecular weight is 312 g/mol. The molecule has 1 aromatic heterocycles. The van der Waals surface area contributed by atoms with Crippen molar-refractivity contribution < 1.29 is 9.13 Å². The number of aromatic nitrogens is 2. The van der Waals surface area contributed by atoms with Crippen molar-refractivity contribution in [3.8, 4) is 11.6 Å². The zero-order valence-electron chi connectivity index (χ0n) is 9.65.